The van der Waals surface area contributed by atoms with Gasteiger partial charge in [-0.05, 0) is 17.5 Å². The fourth-order valence-corrected chi connectivity index (χ4v) is 2.20. The Morgan fingerprint density at radius 2 is 2.22 bits per heavy atom. The van der Waals surface area contributed by atoms with Crippen LogP contribution < -0.4 is 0 Å². The van der Waals surface area contributed by atoms with Crippen LogP contribution in [0.1, 0.15) is 35.2 Å². The van der Waals surface area contributed by atoms with Crippen LogP contribution in [0.4, 0.5) is 0 Å². The second-order valence-corrected chi connectivity index (χ2v) is 4.38. The first-order valence-electron chi connectivity index (χ1n) is 5.86. The molecule has 0 radical (unpaired) electrons. The third-order valence-corrected chi connectivity index (χ3v) is 3.19. The summed E-state index contributed by atoms with van der Waals surface area (Å²) in [5.74, 6) is 0.307. The van der Waals surface area contributed by atoms with E-state index in [2.05, 4.69) is 22.3 Å². The van der Waals surface area contributed by atoms with Crippen LogP contribution >= 0.6 is 0 Å². The van der Waals surface area contributed by atoms with Crippen molar-refractivity contribution in [2.75, 3.05) is 0 Å². The number of aryl methyl sites for hydroxylation is 1. The van der Waals surface area contributed by atoms with E-state index in [1.54, 1.807) is 0 Å². The van der Waals surface area contributed by atoms with Gasteiger partial charge in [0.15, 0.2) is 0 Å². The van der Waals surface area contributed by atoms with Gasteiger partial charge in [-0.25, -0.2) is 0 Å². The van der Waals surface area contributed by atoms with Gasteiger partial charge in [0, 0.05) is 6.42 Å². The number of nitrogens with zero attached hydrogens (tertiary/aromatic N) is 2. The molecule has 1 atom stereocenters. The molecule has 1 aromatic carbocycles. The normalized spacial score (nSPS) is 17.0. The highest BCUT2D eigenvalue weighted by molar-refractivity contribution is 5.66. The molecule has 0 amide bonds. The maximum atomic E-state index is 10.5. The fourth-order valence-electron chi connectivity index (χ4n) is 2.20. The van der Waals surface area contributed by atoms with E-state index in [-0.39, 0.29) is 18.8 Å². The average Bonchev–Trinajstić information content (AvgIpc) is 2.77. The van der Waals surface area contributed by atoms with E-state index in [1.807, 2.05) is 12.1 Å². The van der Waals surface area contributed by atoms with Crippen LogP contribution in [0.15, 0.2) is 28.7 Å². The van der Waals surface area contributed by atoms with Crippen molar-refractivity contribution in [2.45, 2.75) is 25.2 Å². The number of aliphatic carboxylic acids is 1. The van der Waals surface area contributed by atoms with E-state index < -0.39 is 5.97 Å². The molecule has 1 aliphatic rings. The number of carbonyl (C=O) groups is 1. The van der Waals surface area contributed by atoms with Gasteiger partial charge in [0.2, 0.25) is 11.8 Å². The van der Waals surface area contributed by atoms with Gasteiger partial charge in [0.1, 0.15) is 0 Å². The Hall–Kier alpha value is -2.17. The molecule has 1 aromatic heterocycles. The molecule has 0 bridgehead atoms. The van der Waals surface area contributed by atoms with E-state index in [4.69, 9.17) is 9.52 Å². The van der Waals surface area contributed by atoms with Crippen molar-refractivity contribution < 1.29 is 14.3 Å². The van der Waals surface area contributed by atoms with E-state index in [9.17, 15) is 4.79 Å². The van der Waals surface area contributed by atoms with Gasteiger partial charge in [-0.15, -0.1) is 10.2 Å². The molecule has 18 heavy (non-hydrogen) atoms. The van der Waals surface area contributed by atoms with Crippen LogP contribution in [0, 0.1) is 0 Å². The van der Waals surface area contributed by atoms with Crippen LogP contribution in [0.25, 0.3) is 0 Å². The lowest BCUT2D eigenvalue weighted by Gasteiger charge is -2.26. The molecule has 3 rings (SSSR count). The van der Waals surface area contributed by atoms with E-state index >= 15 is 0 Å². The predicted molar refractivity (Wildman–Crippen MR) is 62.2 cm³/mol. The summed E-state index contributed by atoms with van der Waals surface area (Å²) >= 11 is 0. The molecule has 5 nitrogen and oxygen atoms in total. The van der Waals surface area contributed by atoms with Crippen LogP contribution in [0.5, 0.6) is 0 Å². The van der Waals surface area contributed by atoms with Crippen molar-refractivity contribution in [3.8, 4) is 0 Å². The Bertz CT molecular complexity index is 591. The lowest BCUT2D eigenvalue weighted by molar-refractivity contribution is -0.137. The zero-order chi connectivity index (χ0) is 12.5. The van der Waals surface area contributed by atoms with Crippen LogP contribution in [0.3, 0.4) is 0 Å². The van der Waals surface area contributed by atoms with Crippen LogP contribution in [-0.2, 0) is 17.6 Å². The SMILES string of the molecule is O=C(O)CCc1nnc(C2Cc3ccccc32)o1. The molecule has 0 saturated carbocycles. The largest absolute Gasteiger partial charge is 0.481 e. The summed E-state index contributed by atoms with van der Waals surface area (Å²) < 4.78 is 5.51. The van der Waals surface area contributed by atoms with Crippen molar-refractivity contribution in [3.63, 3.8) is 0 Å². The van der Waals surface area contributed by atoms with Crippen molar-refractivity contribution in [1.82, 2.24) is 10.2 Å². The van der Waals surface area contributed by atoms with Crippen molar-refractivity contribution in [2.24, 2.45) is 0 Å². The molecule has 1 heterocycles. The molecule has 0 fully saturated rings. The Kier molecular flexibility index (Phi) is 2.59. The minimum atomic E-state index is -0.858. The van der Waals surface area contributed by atoms with Crippen molar-refractivity contribution in [1.29, 1.82) is 0 Å². The number of fused-ring (bicyclic) bond motifs is 1. The minimum Gasteiger partial charge on any atom is -0.481 e. The maximum absolute atomic E-state index is 10.5. The number of hydrogen-bond donors (Lipinski definition) is 1. The van der Waals surface area contributed by atoms with Gasteiger partial charge in [-0.1, -0.05) is 24.3 Å². The average molecular weight is 244 g/mol. The fraction of sp³-hybridized carbons (Fsp3) is 0.308. The minimum absolute atomic E-state index is 0.0168. The molecule has 2 aromatic rings. The molecular weight excluding hydrogens is 232 g/mol. The number of benzene rings is 1. The lowest BCUT2D eigenvalue weighted by atomic mass is 9.77. The van der Waals surface area contributed by atoms with Gasteiger partial charge in [0.05, 0.1) is 12.3 Å². The molecular formula is C13H12N2O3. The molecule has 1 unspecified atom stereocenters. The molecule has 1 N–H and O–H groups in total. The Labute approximate surface area is 103 Å². The Morgan fingerprint density at radius 3 is 3.00 bits per heavy atom. The number of carboxylic acids is 1. The van der Waals surface area contributed by atoms with Gasteiger partial charge in [-0.2, -0.15) is 0 Å². The summed E-state index contributed by atoms with van der Waals surface area (Å²) in [6.45, 7) is 0. The summed E-state index contributed by atoms with van der Waals surface area (Å²) in [6, 6.07) is 8.16. The highest BCUT2D eigenvalue weighted by Crippen LogP contribution is 2.39. The number of aromatic nitrogens is 2. The highest BCUT2D eigenvalue weighted by atomic mass is 16.4. The van der Waals surface area contributed by atoms with Crippen molar-refractivity contribution in [3.05, 3.63) is 47.2 Å². The topological polar surface area (TPSA) is 76.2 Å². The number of carboxylic acid groups (broad SMARTS) is 1. The van der Waals surface area contributed by atoms with Crippen LogP contribution in [0.2, 0.25) is 0 Å². The molecule has 0 spiro atoms. The third-order valence-electron chi connectivity index (χ3n) is 3.19. The zero-order valence-electron chi connectivity index (χ0n) is 9.67. The van der Waals surface area contributed by atoms with Crippen LogP contribution in [-0.4, -0.2) is 21.3 Å². The van der Waals surface area contributed by atoms with E-state index in [1.165, 1.54) is 11.1 Å². The summed E-state index contributed by atoms with van der Waals surface area (Å²) in [6.07, 6.45) is 1.22. The summed E-state index contributed by atoms with van der Waals surface area (Å²) in [5, 5.41) is 16.5. The summed E-state index contributed by atoms with van der Waals surface area (Å²) in [4.78, 5) is 10.5. The molecule has 0 aliphatic heterocycles. The molecule has 0 saturated heterocycles. The van der Waals surface area contributed by atoms with Crippen molar-refractivity contribution >= 4 is 5.97 Å². The quantitative estimate of drug-likeness (QED) is 0.887. The van der Waals surface area contributed by atoms with Gasteiger partial charge >= 0.3 is 5.97 Å². The molecule has 5 heteroatoms. The first kappa shape index (κ1) is 11.0. The number of rotatable bonds is 4. The van der Waals surface area contributed by atoms with E-state index in [0.29, 0.717) is 11.8 Å². The summed E-state index contributed by atoms with van der Waals surface area (Å²) in [5.41, 5.74) is 2.54. The highest BCUT2D eigenvalue weighted by Gasteiger charge is 2.31. The standard InChI is InChI=1S/C13H12N2O3/c16-12(17)6-5-11-14-15-13(18-11)10-7-8-3-1-2-4-9(8)10/h1-4,10H,5-7H2,(H,16,17). The first-order valence-corrected chi connectivity index (χ1v) is 5.86. The molecule has 1 aliphatic carbocycles. The Morgan fingerprint density at radius 1 is 1.39 bits per heavy atom. The smallest absolute Gasteiger partial charge is 0.303 e. The monoisotopic (exact) mass is 244 g/mol. The second-order valence-electron chi connectivity index (χ2n) is 4.38. The second kappa shape index (κ2) is 4.25. The lowest BCUT2D eigenvalue weighted by Crippen LogP contribution is -2.18. The Balaban J connectivity index is 1.74. The predicted octanol–water partition coefficient (Wildman–Crippen LogP) is 1.77. The summed E-state index contributed by atoms with van der Waals surface area (Å²) in [7, 11) is 0. The zero-order valence-corrected chi connectivity index (χ0v) is 9.67. The maximum Gasteiger partial charge on any atom is 0.303 e. The third kappa shape index (κ3) is 1.88. The molecule has 92 valence electrons. The van der Waals surface area contributed by atoms with Gasteiger partial charge in [-0.3, -0.25) is 4.79 Å². The van der Waals surface area contributed by atoms with Gasteiger partial charge < -0.3 is 9.52 Å². The number of hydrogen-bond acceptors (Lipinski definition) is 4. The van der Waals surface area contributed by atoms with E-state index in [0.717, 1.165) is 6.42 Å². The van der Waals surface area contributed by atoms with Gasteiger partial charge in [0.25, 0.3) is 0 Å². The first-order chi connectivity index (χ1) is 8.74.